The zero-order valence-electron chi connectivity index (χ0n) is 20.4. The average molecular weight is 532 g/mol. The Morgan fingerprint density at radius 3 is 2.46 bits per heavy atom. The number of hydrogen-bond donors (Lipinski definition) is 1. The number of nitrogens with zero attached hydrogens (tertiary/aromatic N) is 2. The van der Waals surface area contributed by atoms with Crippen molar-refractivity contribution in [3.63, 3.8) is 0 Å². The van der Waals surface area contributed by atoms with Crippen molar-refractivity contribution >= 4 is 41.4 Å². The molecule has 37 heavy (non-hydrogen) atoms. The van der Waals surface area contributed by atoms with Gasteiger partial charge in [-0.1, -0.05) is 42.1 Å². The number of halogens is 4. The molecule has 3 aromatic rings. The van der Waals surface area contributed by atoms with Crippen molar-refractivity contribution in [1.29, 1.82) is 0 Å². The lowest BCUT2D eigenvalue weighted by Gasteiger charge is -2.30. The van der Waals surface area contributed by atoms with E-state index in [0.29, 0.717) is 16.2 Å². The van der Waals surface area contributed by atoms with Crippen molar-refractivity contribution in [2.75, 3.05) is 10.7 Å². The number of nitrogens with one attached hydrogen (secondary N) is 1. The number of thioether (sulfide) groups is 1. The normalized spacial score (nSPS) is 17.1. The van der Waals surface area contributed by atoms with E-state index in [2.05, 4.69) is 5.32 Å². The van der Waals surface area contributed by atoms with Crippen LogP contribution in [0.4, 0.5) is 23.2 Å². The average Bonchev–Trinajstić information content (AvgIpc) is 3.04. The van der Waals surface area contributed by atoms with Crippen molar-refractivity contribution in [3.05, 3.63) is 81.6 Å². The first-order valence-electron chi connectivity index (χ1n) is 11.5. The van der Waals surface area contributed by atoms with Gasteiger partial charge in [-0.2, -0.15) is 13.2 Å². The lowest BCUT2D eigenvalue weighted by atomic mass is 10.0. The molecule has 194 valence electrons. The summed E-state index contributed by atoms with van der Waals surface area (Å²) in [5.74, 6) is -1.53. The molecular weight excluding hydrogens is 506 g/mol. The summed E-state index contributed by atoms with van der Waals surface area (Å²) >= 11 is 1.24. The quantitative estimate of drug-likeness (QED) is 0.512. The minimum Gasteiger partial charge on any atom is -0.350 e. The van der Waals surface area contributed by atoms with Crippen LogP contribution in [-0.2, 0) is 29.4 Å². The number of amides is 2. The number of carbonyl (C=O) groups is 2. The monoisotopic (exact) mass is 531 g/mol. The molecule has 0 spiro atoms. The Labute approximate surface area is 215 Å². The fraction of sp³-hybridized carbons (Fsp3) is 0.259. The fourth-order valence-corrected chi connectivity index (χ4v) is 5.62. The second-order valence-electron chi connectivity index (χ2n) is 8.50. The van der Waals surface area contributed by atoms with Crippen LogP contribution in [0.25, 0.3) is 12.2 Å². The third-order valence-electron chi connectivity index (χ3n) is 6.24. The first kappa shape index (κ1) is 26.5. The van der Waals surface area contributed by atoms with Crippen LogP contribution in [0.5, 0.6) is 0 Å². The Bertz CT molecular complexity index is 1460. The highest BCUT2D eigenvalue weighted by atomic mass is 32.2. The van der Waals surface area contributed by atoms with Crippen molar-refractivity contribution < 1.29 is 27.2 Å². The van der Waals surface area contributed by atoms with Gasteiger partial charge in [0.1, 0.15) is 11.9 Å². The predicted octanol–water partition coefficient (Wildman–Crippen LogP) is 4.28. The van der Waals surface area contributed by atoms with Crippen LogP contribution < -0.4 is 20.8 Å². The van der Waals surface area contributed by atoms with Gasteiger partial charge in [-0.15, -0.1) is 0 Å². The van der Waals surface area contributed by atoms with E-state index in [9.17, 15) is 27.2 Å². The Kier molecular flexibility index (Phi) is 7.49. The maximum atomic E-state index is 13.8. The minimum absolute atomic E-state index is 0.0249. The minimum atomic E-state index is -4.62. The van der Waals surface area contributed by atoms with Crippen LogP contribution in [0.15, 0.2) is 53.6 Å². The summed E-state index contributed by atoms with van der Waals surface area (Å²) in [6.07, 6.45) is -0.909. The molecule has 1 unspecified atom stereocenters. The van der Waals surface area contributed by atoms with E-state index in [1.807, 2.05) is 37.6 Å². The standard InChI is InChI=1S/C27H25F4N3O2S/c1-4-20-21(5-2)33(3)26-23(20)24(25(36)32-14-16-9-11-18(28)12-10-16)34(22(35)15-37-26)19-8-6-7-17(13-19)27(29,30)31/h4-13,24H,14-15H2,1-3H3,(H,32,36)/b20-4+,21-5+. The molecule has 1 N–H and O–H groups in total. The van der Waals surface area contributed by atoms with Crippen LogP contribution in [0.1, 0.15) is 36.6 Å². The molecule has 2 aromatic carbocycles. The van der Waals surface area contributed by atoms with Gasteiger partial charge in [-0.25, -0.2) is 4.39 Å². The first-order valence-corrected chi connectivity index (χ1v) is 12.5. The summed E-state index contributed by atoms with van der Waals surface area (Å²) in [6.45, 7) is 3.71. The molecule has 0 aliphatic carbocycles. The van der Waals surface area contributed by atoms with Gasteiger partial charge in [0.05, 0.1) is 16.3 Å². The molecule has 5 nitrogen and oxygen atoms in total. The summed E-state index contributed by atoms with van der Waals surface area (Å²) < 4.78 is 55.8. The van der Waals surface area contributed by atoms with E-state index in [4.69, 9.17) is 0 Å². The highest BCUT2D eigenvalue weighted by Gasteiger charge is 2.40. The van der Waals surface area contributed by atoms with Gasteiger partial charge in [-0.3, -0.25) is 14.5 Å². The van der Waals surface area contributed by atoms with Crippen LogP contribution in [0.3, 0.4) is 0 Å². The van der Waals surface area contributed by atoms with Gasteiger partial charge in [0.2, 0.25) is 11.8 Å². The zero-order valence-corrected chi connectivity index (χ0v) is 21.2. The Hall–Kier alpha value is -3.53. The van der Waals surface area contributed by atoms with E-state index in [1.165, 1.54) is 48.2 Å². The summed E-state index contributed by atoms with van der Waals surface area (Å²) in [5.41, 5.74) is 0.234. The Balaban J connectivity index is 1.89. The smallest absolute Gasteiger partial charge is 0.350 e. The van der Waals surface area contributed by atoms with Gasteiger partial charge in [-0.05, 0) is 49.7 Å². The van der Waals surface area contributed by atoms with Crippen molar-refractivity contribution in [2.24, 2.45) is 7.05 Å². The third kappa shape index (κ3) is 5.16. The summed E-state index contributed by atoms with van der Waals surface area (Å²) in [6, 6.07) is 8.79. The van der Waals surface area contributed by atoms with E-state index in [-0.39, 0.29) is 18.0 Å². The molecule has 10 heteroatoms. The van der Waals surface area contributed by atoms with Gasteiger partial charge in [0.25, 0.3) is 0 Å². The second-order valence-corrected chi connectivity index (χ2v) is 9.47. The number of hydrogen-bond acceptors (Lipinski definition) is 3. The Morgan fingerprint density at radius 1 is 1.14 bits per heavy atom. The molecule has 1 aliphatic heterocycles. The maximum absolute atomic E-state index is 13.8. The molecule has 0 saturated carbocycles. The highest BCUT2D eigenvalue weighted by molar-refractivity contribution is 8.00. The van der Waals surface area contributed by atoms with Gasteiger partial charge in [0, 0.05) is 35.4 Å². The molecule has 1 aliphatic rings. The molecule has 2 amide bonds. The first-order chi connectivity index (χ1) is 17.6. The van der Waals surface area contributed by atoms with Crippen LogP contribution in [0.2, 0.25) is 0 Å². The van der Waals surface area contributed by atoms with Crippen LogP contribution in [-0.4, -0.2) is 22.1 Å². The topological polar surface area (TPSA) is 54.3 Å². The molecule has 0 bridgehead atoms. The number of benzene rings is 2. The largest absolute Gasteiger partial charge is 0.416 e. The molecule has 0 fully saturated rings. The second kappa shape index (κ2) is 10.5. The van der Waals surface area contributed by atoms with Crippen LogP contribution >= 0.6 is 11.8 Å². The summed E-state index contributed by atoms with van der Waals surface area (Å²) in [4.78, 5) is 28.4. The molecule has 4 rings (SSSR count). The van der Waals surface area contributed by atoms with Crippen LogP contribution in [0, 0.1) is 5.82 Å². The number of rotatable bonds is 4. The van der Waals surface area contributed by atoms with Gasteiger partial charge < -0.3 is 9.88 Å². The van der Waals surface area contributed by atoms with Gasteiger partial charge >= 0.3 is 6.18 Å². The van der Waals surface area contributed by atoms with E-state index in [1.54, 1.807) is 0 Å². The van der Waals surface area contributed by atoms with E-state index in [0.717, 1.165) is 27.6 Å². The number of carbonyl (C=O) groups excluding carboxylic acids is 2. The molecule has 0 saturated heterocycles. The van der Waals surface area contributed by atoms with Crippen molar-refractivity contribution in [1.82, 2.24) is 9.88 Å². The van der Waals surface area contributed by atoms with E-state index >= 15 is 0 Å². The number of anilines is 1. The molecule has 2 heterocycles. The number of alkyl halides is 3. The number of fused-ring (bicyclic) bond motifs is 1. The fourth-order valence-electron chi connectivity index (χ4n) is 4.55. The molecular formula is C27H25F4N3O2S. The zero-order chi connectivity index (χ0) is 26.9. The SMILES string of the molecule is C/C=c1/c2c(n(C)/c1=C/C)SCC(=O)N(c1cccc(C(F)(F)F)c1)C2C(=O)NCc1ccc(F)cc1. The van der Waals surface area contributed by atoms with Gasteiger partial charge in [0.15, 0.2) is 0 Å². The summed E-state index contributed by atoms with van der Waals surface area (Å²) in [7, 11) is 1.83. The summed E-state index contributed by atoms with van der Waals surface area (Å²) in [5, 5.41) is 5.04. The highest BCUT2D eigenvalue weighted by Crippen LogP contribution is 2.38. The Morgan fingerprint density at radius 2 is 1.84 bits per heavy atom. The van der Waals surface area contributed by atoms with E-state index < -0.39 is 35.4 Å². The molecule has 1 aromatic heterocycles. The number of aromatic nitrogens is 1. The van der Waals surface area contributed by atoms with Crippen molar-refractivity contribution in [2.45, 2.75) is 37.6 Å². The molecule has 0 radical (unpaired) electrons. The lowest BCUT2D eigenvalue weighted by Crippen LogP contribution is -2.46. The third-order valence-corrected chi connectivity index (χ3v) is 7.40. The predicted molar refractivity (Wildman–Crippen MR) is 136 cm³/mol. The maximum Gasteiger partial charge on any atom is 0.416 e. The lowest BCUT2D eigenvalue weighted by molar-refractivity contribution is -0.137. The van der Waals surface area contributed by atoms with Crippen molar-refractivity contribution in [3.8, 4) is 0 Å². The molecule has 1 atom stereocenters.